The van der Waals surface area contributed by atoms with E-state index in [1.54, 1.807) is 0 Å². The first-order valence-electron chi connectivity index (χ1n) is 7.18. The summed E-state index contributed by atoms with van der Waals surface area (Å²) in [5.41, 5.74) is 7.81. The van der Waals surface area contributed by atoms with Gasteiger partial charge in [0.15, 0.2) is 0 Å². The molecule has 0 amide bonds. The van der Waals surface area contributed by atoms with Crippen molar-refractivity contribution in [3.8, 4) is 0 Å². The topological polar surface area (TPSA) is 46.2 Å². The Bertz CT molecular complexity index is 334. The van der Waals surface area contributed by atoms with Gasteiger partial charge in [0.1, 0.15) is 0 Å². The highest BCUT2D eigenvalue weighted by molar-refractivity contribution is 5.25. The number of aryl methyl sites for hydroxylation is 1. The molecule has 0 bridgehead atoms. The monoisotopic (exact) mass is 249 g/mol. The Morgan fingerprint density at radius 2 is 1.89 bits per heavy atom. The minimum Gasteiger partial charge on any atom is -0.388 e. The second-order valence-corrected chi connectivity index (χ2v) is 5.06. The second-order valence-electron chi connectivity index (χ2n) is 5.06. The average molecular weight is 249 g/mol. The van der Waals surface area contributed by atoms with E-state index < -0.39 is 6.10 Å². The molecule has 0 saturated heterocycles. The standard InChI is InChI=1S/C16H27NO/c1-3-13(4-2)8-9-14-6-5-7-15(12-14)16(18)10-11-17/h5-7,12-13,16,18H,3-4,8-11,17H2,1-2H3. The van der Waals surface area contributed by atoms with Crippen LogP contribution in [0.15, 0.2) is 24.3 Å². The fourth-order valence-corrected chi connectivity index (χ4v) is 2.35. The first kappa shape index (κ1) is 15.2. The first-order chi connectivity index (χ1) is 8.71. The third-order valence-electron chi connectivity index (χ3n) is 3.77. The van der Waals surface area contributed by atoms with E-state index >= 15 is 0 Å². The molecule has 1 atom stereocenters. The van der Waals surface area contributed by atoms with E-state index in [2.05, 4.69) is 26.0 Å². The smallest absolute Gasteiger partial charge is 0.0802 e. The minimum absolute atomic E-state index is 0.414. The van der Waals surface area contributed by atoms with Crippen molar-refractivity contribution in [2.75, 3.05) is 6.54 Å². The molecular weight excluding hydrogens is 222 g/mol. The molecule has 1 unspecified atom stereocenters. The highest BCUT2D eigenvalue weighted by Crippen LogP contribution is 2.20. The predicted molar refractivity (Wildman–Crippen MR) is 77.5 cm³/mol. The zero-order valence-electron chi connectivity index (χ0n) is 11.7. The van der Waals surface area contributed by atoms with E-state index in [1.165, 1.54) is 24.8 Å². The highest BCUT2D eigenvalue weighted by atomic mass is 16.3. The molecule has 1 aromatic rings. The van der Waals surface area contributed by atoms with Crippen LogP contribution in [0.5, 0.6) is 0 Å². The third kappa shape index (κ3) is 4.79. The molecule has 1 rings (SSSR count). The molecule has 0 aromatic heterocycles. The van der Waals surface area contributed by atoms with Crippen LogP contribution in [-0.2, 0) is 6.42 Å². The minimum atomic E-state index is -0.414. The molecule has 18 heavy (non-hydrogen) atoms. The van der Waals surface area contributed by atoms with Crippen LogP contribution in [0.4, 0.5) is 0 Å². The van der Waals surface area contributed by atoms with Gasteiger partial charge in [-0.05, 0) is 42.9 Å². The van der Waals surface area contributed by atoms with Crippen molar-refractivity contribution < 1.29 is 5.11 Å². The summed E-state index contributed by atoms with van der Waals surface area (Å²) in [6.45, 7) is 5.05. The van der Waals surface area contributed by atoms with Crippen LogP contribution in [0, 0.1) is 5.92 Å². The fraction of sp³-hybridized carbons (Fsp3) is 0.625. The van der Waals surface area contributed by atoms with Gasteiger partial charge in [0, 0.05) is 0 Å². The van der Waals surface area contributed by atoms with Crippen LogP contribution >= 0.6 is 0 Å². The van der Waals surface area contributed by atoms with Crippen molar-refractivity contribution in [1.29, 1.82) is 0 Å². The van der Waals surface area contributed by atoms with Gasteiger partial charge in [-0.25, -0.2) is 0 Å². The molecule has 2 heteroatoms. The summed E-state index contributed by atoms with van der Waals surface area (Å²) >= 11 is 0. The zero-order valence-corrected chi connectivity index (χ0v) is 11.7. The maximum absolute atomic E-state index is 9.93. The van der Waals surface area contributed by atoms with Crippen molar-refractivity contribution in [1.82, 2.24) is 0 Å². The average Bonchev–Trinajstić information content (AvgIpc) is 2.40. The van der Waals surface area contributed by atoms with Crippen molar-refractivity contribution in [3.63, 3.8) is 0 Å². The summed E-state index contributed by atoms with van der Waals surface area (Å²) in [6.07, 6.45) is 5.08. The van der Waals surface area contributed by atoms with E-state index in [0.717, 1.165) is 17.9 Å². The SMILES string of the molecule is CCC(CC)CCc1cccc(C(O)CCN)c1. The summed E-state index contributed by atoms with van der Waals surface area (Å²) in [5.74, 6) is 0.822. The lowest BCUT2D eigenvalue weighted by atomic mass is 9.94. The number of nitrogens with two attached hydrogens (primary N) is 1. The summed E-state index contributed by atoms with van der Waals surface area (Å²) in [5, 5.41) is 9.93. The lowest BCUT2D eigenvalue weighted by Gasteiger charge is -2.14. The summed E-state index contributed by atoms with van der Waals surface area (Å²) < 4.78 is 0. The van der Waals surface area contributed by atoms with Gasteiger partial charge < -0.3 is 10.8 Å². The van der Waals surface area contributed by atoms with Gasteiger partial charge in [-0.2, -0.15) is 0 Å². The van der Waals surface area contributed by atoms with Gasteiger partial charge in [-0.1, -0.05) is 51.0 Å². The normalized spacial score (nSPS) is 12.9. The van der Waals surface area contributed by atoms with Gasteiger partial charge in [-0.3, -0.25) is 0 Å². The molecule has 0 radical (unpaired) electrons. The molecule has 102 valence electrons. The third-order valence-corrected chi connectivity index (χ3v) is 3.77. The van der Waals surface area contributed by atoms with Gasteiger partial charge in [-0.15, -0.1) is 0 Å². The number of aliphatic hydroxyl groups excluding tert-OH is 1. The Morgan fingerprint density at radius 3 is 2.50 bits per heavy atom. The van der Waals surface area contributed by atoms with E-state index in [9.17, 15) is 5.11 Å². The number of aliphatic hydroxyl groups is 1. The van der Waals surface area contributed by atoms with E-state index in [1.807, 2.05) is 12.1 Å². The highest BCUT2D eigenvalue weighted by Gasteiger charge is 2.08. The number of benzene rings is 1. The van der Waals surface area contributed by atoms with Gasteiger partial charge in [0.05, 0.1) is 6.10 Å². The molecule has 0 aliphatic heterocycles. The van der Waals surface area contributed by atoms with E-state index in [4.69, 9.17) is 5.73 Å². The molecule has 0 fully saturated rings. The molecule has 0 spiro atoms. The Labute approximate surface area is 111 Å². The lowest BCUT2D eigenvalue weighted by Crippen LogP contribution is -2.07. The van der Waals surface area contributed by atoms with Crippen LogP contribution in [0.3, 0.4) is 0 Å². The molecule has 0 aliphatic carbocycles. The van der Waals surface area contributed by atoms with E-state index in [0.29, 0.717) is 13.0 Å². The van der Waals surface area contributed by atoms with Gasteiger partial charge in [0.2, 0.25) is 0 Å². The lowest BCUT2D eigenvalue weighted by molar-refractivity contribution is 0.170. The Morgan fingerprint density at radius 1 is 1.17 bits per heavy atom. The van der Waals surface area contributed by atoms with Crippen LogP contribution in [0.25, 0.3) is 0 Å². The molecule has 2 nitrogen and oxygen atoms in total. The number of hydrogen-bond donors (Lipinski definition) is 2. The van der Waals surface area contributed by atoms with Crippen LogP contribution in [0.1, 0.15) is 56.8 Å². The largest absolute Gasteiger partial charge is 0.388 e. The molecule has 0 aliphatic rings. The fourth-order valence-electron chi connectivity index (χ4n) is 2.35. The Balaban J connectivity index is 2.59. The van der Waals surface area contributed by atoms with Crippen LogP contribution < -0.4 is 5.73 Å². The van der Waals surface area contributed by atoms with Gasteiger partial charge >= 0.3 is 0 Å². The number of hydrogen-bond acceptors (Lipinski definition) is 2. The summed E-state index contributed by atoms with van der Waals surface area (Å²) in [7, 11) is 0. The van der Waals surface area contributed by atoms with Crippen LogP contribution in [0.2, 0.25) is 0 Å². The van der Waals surface area contributed by atoms with Crippen molar-refractivity contribution in [2.45, 2.75) is 52.1 Å². The van der Waals surface area contributed by atoms with E-state index in [-0.39, 0.29) is 0 Å². The maximum Gasteiger partial charge on any atom is 0.0802 e. The quantitative estimate of drug-likeness (QED) is 0.741. The second kappa shape index (κ2) is 8.28. The van der Waals surface area contributed by atoms with Crippen LogP contribution in [-0.4, -0.2) is 11.7 Å². The van der Waals surface area contributed by atoms with Gasteiger partial charge in [0.25, 0.3) is 0 Å². The predicted octanol–water partition coefficient (Wildman–Crippen LogP) is 3.44. The maximum atomic E-state index is 9.93. The van der Waals surface area contributed by atoms with Crippen molar-refractivity contribution in [3.05, 3.63) is 35.4 Å². The first-order valence-corrected chi connectivity index (χ1v) is 7.18. The molecule has 1 aromatic carbocycles. The molecule has 0 saturated carbocycles. The summed E-state index contributed by atoms with van der Waals surface area (Å²) in [4.78, 5) is 0. The Kier molecular flexibility index (Phi) is 6.99. The molecular formula is C16H27NO. The zero-order chi connectivity index (χ0) is 13.4. The van der Waals surface area contributed by atoms with Crippen molar-refractivity contribution in [2.24, 2.45) is 11.7 Å². The summed E-state index contributed by atoms with van der Waals surface area (Å²) in [6, 6.07) is 8.31. The molecule has 3 N–H and O–H groups in total. The number of rotatable bonds is 8. The van der Waals surface area contributed by atoms with Crippen molar-refractivity contribution >= 4 is 0 Å². The molecule has 0 heterocycles. The Hall–Kier alpha value is -0.860.